The molecule has 8 nitrogen and oxygen atoms in total. The van der Waals surface area contributed by atoms with Crippen LogP contribution in [0.2, 0.25) is 0 Å². The van der Waals surface area contributed by atoms with Crippen LogP contribution in [0.4, 0.5) is 4.79 Å². The van der Waals surface area contributed by atoms with E-state index >= 15 is 0 Å². The van der Waals surface area contributed by atoms with Gasteiger partial charge < -0.3 is 25.6 Å². The Morgan fingerprint density at radius 1 is 1.17 bits per heavy atom. The number of likely N-dealkylation sites (N-methyl/N-ethyl adjacent to an activating group) is 1. The summed E-state index contributed by atoms with van der Waals surface area (Å²) < 4.78 is 5.16. The highest BCUT2D eigenvalue weighted by Crippen LogP contribution is 2.05. The molecule has 3 N–H and O–H groups in total. The molecule has 1 atom stereocenters. The first kappa shape index (κ1) is 22.0. The van der Waals surface area contributed by atoms with Crippen LogP contribution in [-0.2, 0) is 9.53 Å². The van der Waals surface area contributed by atoms with Crippen molar-refractivity contribution in [2.24, 2.45) is 4.99 Å². The van der Waals surface area contributed by atoms with E-state index in [0.717, 1.165) is 6.42 Å². The molecule has 0 radical (unpaired) electrons. The number of aliphatic imine (C=N–C) groups is 1. The Balaban J connectivity index is 4.38. The van der Waals surface area contributed by atoms with Gasteiger partial charge in [-0.2, -0.15) is 0 Å². The lowest BCUT2D eigenvalue weighted by Gasteiger charge is -2.20. The Hall–Kier alpha value is -1.99. The third-order valence-electron chi connectivity index (χ3n) is 2.95. The van der Waals surface area contributed by atoms with Crippen LogP contribution >= 0.6 is 0 Å². The maximum atomic E-state index is 11.6. The summed E-state index contributed by atoms with van der Waals surface area (Å²) in [6.07, 6.45) is 0.471. The van der Waals surface area contributed by atoms with Gasteiger partial charge >= 0.3 is 6.09 Å². The number of rotatable bonds is 7. The van der Waals surface area contributed by atoms with Gasteiger partial charge in [-0.3, -0.25) is 4.79 Å². The summed E-state index contributed by atoms with van der Waals surface area (Å²) in [7, 11) is 3.38. The average molecular weight is 343 g/mol. The molecule has 0 heterocycles. The van der Waals surface area contributed by atoms with Crippen LogP contribution < -0.4 is 16.0 Å². The largest absolute Gasteiger partial charge is 0.444 e. The van der Waals surface area contributed by atoms with Gasteiger partial charge in [0.1, 0.15) is 12.1 Å². The van der Waals surface area contributed by atoms with E-state index in [4.69, 9.17) is 4.74 Å². The second-order valence-corrected chi connectivity index (χ2v) is 6.76. The monoisotopic (exact) mass is 343 g/mol. The number of nitrogens with one attached hydrogen (secondary N) is 3. The van der Waals surface area contributed by atoms with Crippen LogP contribution in [0.1, 0.15) is 41.0 Å². The molecule has 0 spiro atoms. The van der Waals surface area contributed by atoms with Crippen molar-refractivity contribution in [3.05, 3.63) is 0 Å². The van der Waals surface area contributed by atoms with Crippen LogP contribution in [0.15, 0.2) is 4.99 Å². The average Bonchev–Trinajstić information content (AvgIpc) is 2.46. The molecule has 0 saturated carbocycles. The Morgan fingerprint density at radius 3 is 2.25 bits per heavy atom. The maximum absolute atomic E-state index is 11.6. The highest BCUT2D eigenvalue weighted by molar-refractivity contribution is 5.84. The summed E-state index contributed by atoms with van der Waals surface area (Å²) >= 11 is 0. The highest BCUT2D eigenvalue weighted by Gasteiger charge is 2.15. The standard InChI is InChI=1S/C16H33N5O3/c1-8-12(2)20-14(19-11-13(22)21(6)7)17-9-10-18-15(23)24-16(3,4)5/h12H,8-11H2,1-7H3,(H,18,23)(H2,17,19,20). The van der Waals surface area contributed by atoms with E-state index in [-0.39, 0.29) is 18.5 Å². The molecule has 0 saturated heterocycles. The molecule has 0 aromatic heterocycles. The molecule has 0 fully saturated rings. The summed E-state index contributed by atoms with van der Waals surface area (Å²) in [6, 6.07) is 0.226. The molecule has 2 amide bonds. The van der Waals surface area contributed by atoms with Crippen molar-refractivity contribution in [2.45, 2.75) is 52.7 Å². The number of hydrogen-bond acceptors (Lipinski definition) is 4. The number of guanidine groups is 1. The van der Waals surface area contributed by atoms with Crippen LogP contribution in [-0.4, -0.2) is 68.2 Å². The fourth-order valence-corrected chi connectivity index (χ4v) is 1.44. The van der Waals surface area contributed by atoms with E-state index in [1.807, 2.05) is 27.7 Å². The zero-order valence-corrected chi connectivity index (χ0v) is 16.0. The number of nitrogens with zero attached hydrogens (tertiary/aromatic N) is 2. The molecule has 0 aliphatic carbocycles. The Kier molecular flexibility index (Phi) is 9.83. The summed E-state index contributed by atoms with van der Waals surface area (Å²) in [5, 5.41) is 8.97. The fraction of sp³-hybridized carbons (Fsp3) is 0.812. The number of ether oxygens (including phenoxy) is 1. The second-order valence-electron chi connectivity index (χ2n) is 6.76. The van der Waals surface area contributed by atoms with Crippen LogP contribution in [0.5, 0.6) is 0 Å². The minimum atomic E-state index is -0.519. The molecule has 0 aromatic rings. The molecule has 140 valence electrons. The lowest BCUT2D eigenvalue weighted by molar-refractivity contribution is -0.127. The van der Waals surface area contributed by atoms with Crippen molar-refractivity contribution in [1.29, 1.82) is 0 Å². The van der Waals surface area contributed by atoms with Crippen LogP contribution in [0.25, 0.3) is 0 Å². The van der Waals surface area contributed by atoms with E-state index in [0.29, 0.717) is 19.0 Å². The Labute approximate surface area is 145 Å². The van der Waals surface area contributed by atoms with Crippen molar-refractivity contribution >= 4 is 18.0 Å². The molecule has 0 bridgehead atoms. The first-order chi connectivity index (χ1) is 11.0. The smallest absolute Gasteiger partial charge is 0.407 e. The first-order valence-electron chi connectivity index (χ1n) is 8.27. The van der Waals surface area contributed by atoms with Gasteiger partial charge in [0, 0.05) is 33.2 Å². The zero-order chi connectivity index (χ0) is 18.8. The zero-order valence-electron chi connectivity index (χ0n) is 16.0. The molecule has 0 aliphatic heterocycles. The predicted octanol–water partition coefficient (Wildman–Crippen LogP) is 0.933. The van der Waals surface area contributed by atoms with Crippen molar-refractivity contribution < 1.29 is 14.3 Å². The summed E-state index contributed by atoms with van der Waals surface area (Å²) in [5.74, 6) is 0.470. The third-order valence-corrected chi connectivity index (χ3v) is 2.95. The Morgan fingerprint density at radius 2 is 1.75 bits per heavy atom. The Bertz CT molecular complexity index is 430. The molecule has 0 aromatic carbocycles. The van der Waals surface area contributed by atoms with E-state index in [9.17, 15) is 9.59 Å². The molecular weight excluding hydrogens is 310 g/mol. The molecule has 1 unspecified atom stereocenters. The lowest BCUT2D eigenvalue weighted by atomic mass is 10.2. The normalized spacial score (nSPS) is 13.0. The quantitative estimate of drug-likeness (QED) is 0.363. The first-order valence-corrected chi connectivity index (χ1v) is 8.27. The van der Waals surface area contributed by atoms with Crippen LogP contribution in [0, 0.1) is 0 Å². The number of hydrogen-bond donors (Lipinski definition) is 3. The number of alkyl carbamates (subject to hydrolysis) is 1. The summed E-state index contributed by atoms with van der Waals surface area (Å²) in [5.41, 5.74) is -0.519. The minimum Gasteiger partial charge on any atom is -0.444 e. The van der Waals surface area contributed by atoms with Gasteiger partial charge in [0.15, 0.2) is 5.96 Å². The molecular formula is C16H33N5O3. The predicted molar refractivity (Wildman–Crippen MR) is 96.1 cm³/mol. The minimum absolute atomic E-state index is 0.0677. The molecule has 24 heavy (non-hydrogen) atoms. The second kappa shape index (κ2) is 10.7. The molecule has 8 heteroatoms. The molecule has 0 aliphatic rings. The van der Waals surface area contributed by atoms with Gasteiger partial charge in [0.25, 0.3) is 0 Å². The highest BCUT2D eigenvalue weighted by atomic mass is 16.6. The lowest BCUT2D eigenvalue weighted by Crippen LogP contribution is -2.45. The topological polar surface area (TPSA) is 95.1 Å². The van der Waals surface area contributed by atoms with E-state index in [2.05, 4.69) is 27.9 Å². The van der Waals surface area contributed by atoms with Crippen molar-refractivity contribution in [2.75, 3.05) is 33.7 Å². The van der Waals surface area contributed by atoms with Crippen molar-refractivity contribution in [3.63, 3.8) is 0 Å². The van der Waals surface area contributed by atoms with Crippen molar-refractivity contribution in [3.8, 4) is 0 Å². The van der Waals surface area contributed by atoms with Gasteiger partial charge in [-0.05, 0) is 34.1 Å². The van der Waals surface area contributed by atoms with Gasteiger partial charge in [-0.15, -0.1) is 0 Å². The summed E-state index contributed by atoms with van der Waals surface area (Å²) in [4.78, 5) is 29.0. The maximum Gasteiger partial charge on any atom is 0.407 e. The van der Waals surface area contributed by atoms with Gasteiger partial charge in [-0.1, -0.05) is 6.92 Å². The van der Waals surface area contributed by atoms with E-state index in [1.165, 1.54) is 4.90 Å². The number of carbonyl (C=O) groups is 2. The number of carbonyl (C=O) groups excluding carboxylic acids is 2. The van der Waals surface area contributed by atoms with Crippen LogP contribution in [0.3, 0.4) is 0 Å². The van der Waals surface area contributed by atoms with Gasteiger partial charge in [0.05, 0.1) is 0 Å². The van der Waals surface area contributed by atoms with E-state index in [1.54, 1.807) is 14.1 Å². The third kappa shape index (κ3) is 11.6. The summed E-state index contributed by atoms with van der Waals surface area (Å²) in [6.45, 7) is 10.5. The molecule has 0 rings (SSSR count). The fourth-order valence-electron chi connectivity index (χ4n) is 1.44. The van der Waals surface area contributed by atoms with Gasteiger partial charge in [0.2, 0.25) is 5.91 Å². The van der Waals surface area contributed by atoms with Crippen molar-refractivity contribution in [1.82, 2.24) is 20.9 Å². The number of amides is 2. The SMILES string of the molecule is CCC(C)NC(=NCC(=O)N(C)C)NCCNC(=O)OC(C)(C)C. The van der Waals surface area contributed by atoms with E-state index < -0.39 is 11.7 Å². The van der Waals surface area contributed by atoms with Gasteiger partial charge in [-0.25, -0.2) is 9.79 Å².